The number of H-pyrrole nitrogens is 1. The Morgan fingerprint density at radius 1 is 0.885 bits per heavy atom. The van der Waals surface area contributed by atoms with Crippen molar-refractivity contribution in [3.63, 3.8) is 0 Å². The Morgan fingerprint density at radius 2 is 1.73 bits per heavy atom. The lowest BCUT2D eigenvalue weighted by Gasteiger charge is -2.09. The number of aromatic amines is 1. The van der Waals surface area contributed by atoms with Gasteiger partial charge in [-0.3, -0.25) is 0 Å². The van der Waals surface area contributed by atoms with Gasteiger partial charge in [-0.25, -0.2) is 13.8 Å². The summed E-state index contributed by atoms with van der Waals surface area (Å²) >= 11 is 0. The third kappa shape index (κ3) is 3.01. The molecule has 0 aliphatic rings. The Hall–Kier alpha value is -3.28. The van der Waals surface area contributed by atoms with E-state index in [1.165, 1.54) is 0 Å². The molecule has 26 heavy (non-hydrogen) atoms. The summed E-state index contributed by atoms with van der Waals surface area (Å²) in [5.74, 6) is -3.76. The molecule has 0 spiro atoms. The molecule has 0 aliphatic heterocycles. The second-order valence-corrected chi connectivity index (χ2v) is 5.77. The first-order valence-electron chi connectivity index (χ1n) is 7.92. The van der Waals surface area contributed by atoms with Crippen LogP contribution >= 0.6 is 0 Å². The maximum atomic E-state index is 13.7. The Morgan fingerprint density at radius 3 is 2.58 bits per heavy atom. The molecule has 0 saturated heterocycles. The molecule has 4 rings (SSSR count). The summed E-state index contributed by atoms with van der Waals surface area (Å²) in [5.41, 5.74) is 3.36. The zero-order chi connectivity index (χ0) is 18.1. The quantitative estimate of drug-likeness (QED) is 0.510. The molecule has 4 aromatic rings. The predicted molar refractivity (Wildman–Crippen MR) is 92.2 cm³/mol. The highest BCUT2D eigenvalue weighted by Gasteiger charge is 2.14. The van der Waals surface area contributed by atoms with Gasteiger partial charge in [0.05, 0.1) is 11.0 Å². The van der Waals surface area contributed by atoms with Crippen molar-refractivity contribution in [1.82, 2.24) is 9.97 Å². The van der Waals surface area contributed by atoms with E-state index in [9.17, 15) is 13.2 Å². The van der Waals surface area contributed by atoms with Crippen LogP contribution in [-0.4, -0.2) is 9.97 Å². The lowest BCUT2D eigenvalue weighted by atomic mass is 10.1. The summed E-state index contributed by atoms with van der Waals surface area (Å²) in [6, 6.07) is 16.9. The van der Waals surface area contributed by atoms with Gasteiger partial charge in [-0.05, 0) is 35.9 Å². The molecule has 0 atom stereocenters. The number of hydrogen-bond donors (Lipinski definition) is 1. The highest BCUT2D eigenvalue weighted by atomic mass is 19.2. The van der Waals surface area contributed by atoms with Crippen LogP contribution in [0.25, 0.3) is 22.4 Å². The Kier molecular flexibility index (Phi) is 4.08. The molecular weight excluding hydrogens is 341 g/mol. The maximum Gasteiger partial charge on any atom is 0.203 e. The standard InChI is InChI=1S/C20H13F3N2O/c21-14-8-9-17(19(23)18(14)22)26-11-12-4-3-5-13(10-12)20-24-15-6-1-2-7-16(15)25-20/h1-10H,11H2,(H,24,25). The van der Waals surface area contributed by atoms with Crippen molar-refractivity contribution in [2.24, 2.45) is 0 Å². The zero-order valence-electron chi connectivity index (χ0n) is 13.5. The summed E-state index contributed by atoms with van der Waals surface area (Å²) < 4.78 is 45.2. The average molecular weight is 354 g/mol. The van der Waals surface area contributed by atoms with E-state index in [2.05, 4.69) is 9.97 Å². The fraction of sp³-hybridized carbons (Fsp3) is 0.0500. The minimum absolute atomic E-state index is 0.00998. The molecule has 0 saturated carbocycles. The molecule has 1 N–H and O–H groups in total. The maximum absolute atomic E-state index is 13.7. The van der Waals surface area contributed by atoms with Gasteiger partial charge in [0.25, 0.3) is 0 Å². The molecule has 0 bridgehead atoms. The van der Waals surface area contributed by atoms with Crippen LogP contribution < -0.4 is 4.74 Å². The first-order chi connectivity index (χ1) is 12.6. The Labute approximate surface area is 147 Å². The Bertz CT molecular complexity index is 1060. The van der Waals surface area contributed by atoms with Gasteiger partial charge in [0.1, 0.15) is 12.4 Å². The number of para-hydroxylation sites is 2. The monoisotopic (exact) mass is 354 g/mol. The molecule has 6 heteroatoms. The summed E-state index contributed by atoms with van der Waals surface area (Å²) in [6.07, 6.45) is 0. The number of fused-ring (bicyclic) bond motifs is 1. The molecule has 0 aliphatic carbocycles. The molecule has 130 valence electrons. The van der Waals surface area contributed by atoms with E-state index in [-0.39, 0.29) is 12.4 Å². The summed E-state index contributed by atoms with van der Waals surface area (Å²) in [5, 5.41) is 0. The molecule has 0 unspecified atom stereocenters. The van der Waals surface area contributed by atoms with Gasteiger partial charge in [-0.2, -0.15) is 4.39 Å². The number of nitrogens with zero attached hydrogens (tertiary/aromatic N) is 1. The molecule has 0 amide bonds. The minimum Gasteiger partial charge on any atom is -0.486 e. The number of benzene rings is 3. The van der Waals surface area contributed by atoms with Crippen LogP contribution in [0.3, 0.4) is 0 Å². The van der Waals surface area contributed by atoms with E-state index < -0.39 is 17.5 Å². The van der Waals surface area contributed by atoms with E-state index in [4.69, 9.17) is 4.74 Å². The SMILES string of the molecule is Fc1ccc(OCc2cccc(-c3nc4ccccc4[nH]3)c2)c(F)c1F. The van der Waals surface area contributed by atoms with Gasteiger partial charge in [0.2, 0.25) is 5.82 Å². The third-order valence-corrected chi connectivity index (χ3v) is 3.98. The lowest BCUT2D eigenvalue weighted by molar-refractivity contribution is 0.281. The van der Waals surface area contributed by atoms with E-state index in [1.54, 1.807) is 6.07 Å². The minimum atomic E-state index is -1.54. The van der Waals surface area contributed by atoms with Crippen LogP contribution in [0.1, 0.15) is 5.56 Å². The number of rotatable bonds is 4. The van der Waals surface area contributed by atoms with Crippen LogP contribution in [0.2, 0.25) is 0 Å². The number of nitrogens with one attached hydrogen (secondary N) is 1. The second-order valence-electron chi connectivity index (χ2n) is 5.77. The molecule has 1 aromatic heterocycles. The van der Waals surface area contributed by atoms with Crippen molar-refractivity contribution in [3.8, 4) is 17.1 Å². The first-order valence-corrected chi connectivity index (χ1v) is 7.92. The molecule has 3 nitrogen and oxygen atoms in total. The van der Waals surface area contributed by atoms with Crippen molar-refractivity contribution in [2.45, 2.75) is 6.61 Å². The Balaban J connectivity index is 1.57. The largest absolute Gasteiger partial charge is 0.486 e. The summed E-state index contributed by atoms with van der Waals surface area (Å²) in [7, 11) is 0. The van der Waals surface area contributed by atoms with Crippen molar-refractivity contribution >= 4 is 11.0 Å². The van der Waals surface area contributed by atoms with E-state index in [1.807, 2.05) is 42.5 Å². The lowest BCUT2D eigenvalue weighted by Crippen LogP contribution is -2.00. The van der Waals surface area contributed by atoms with Gasteiger partial charge in [-0.15, -0.1) is 0 Å². The van der Waals surface area contributed by atoms with Crippen LogP contribution in [0.4, 0.5) is 13.2 Å². The molecule has 1 heterocycles. The summed E-state index contributed by atoms with van der Waals surface area (Å²) in [6.45, 7) is 0.00998. The van der Waals surface area contributed by atoms with Crippen molar-refractivity contribution in [3.05, 3.63) is 83.7 Å². The molecule has 0 radical (unpaired) electrons. The van der Waals surface area contributed by atoms with E-state index in [0.717, 1.165) is 34.3 Å². The fourth-order valence-corrected chi connectivity index (χ4v) is 2.68. The highest BCUT2D eigenvalue weighted by molar-refractivity contribution is 5.79. The highest BCUT2D eigenvalue weighted by Crippen LogP contribution is 2.24. The van der Waals surface area contributed by atoms with Crippen molar-refractivity contribution in [1.29, 1.82) is 0 Å². The predicted octanol–water partition coefficient (Wildman–Crippen LogP) is 5.23. The third-order valence-electron chi connectivity index (χ3n) is 3.98. The van der Waals surface area contributed by atoms with Crippen LogP contribution in [0, 0.1) is 17.5 Å². The smallest absolute Gasteiger partial charge is 0.203 e. The summed E-state index contributed by atoms with van der Waals surface area (Å²) in [4.78, 5) is 7.76. The number of halogens is 3. The number of hydrogen-bond acceptors (Lipinski definition) is 2. The molecule has 3 aromatic carbocycles. The second kappa shape index (κ2) is 6.55. The average Bonchev–Trinajstić information content (AvgIpc) is 3.10. The van der Waals surface area contributed by atoms with Gasteiger partial charge >= 0.3 is 0 Å². The molecule has 0 fully saturated rings. The van der Waals surface area contributed by atoms with Crippen molar-refractivity contribution < 1.29 is 17.9 Å². The first kappa shape index (κ1) is 16.2. The van der Waals surface area contributed by atoms with Crippen molar-refractivity contribution in [2.75, 3.05) is 0 Å². The van der Waals surface area contributed by atoms with Crippen LogP contribution in [0.5, 0.6) is 5.75 Å². The fourth-order valence-electron chi connectivity index (χ4n) is 2.68. The van der Waals surface area contributed by atoms with E-state index >= 15 is 0 Å². The topological polar surface area (TPSA) is 37.9 Å². The van der Waals surface area contributed by atoms with Crippen LogP contribution in [0.15, 0.2) is 60.7 Å². The zero-order valence-corrected chi connectivity index (χ0v) is 13.5. The number of imidazole rings is 1. The van der Waals surface area contributed by atoms with E-state index in [0.29, 0.717) is 5.82 Å². The van der Waals surface area contributed by atoms with Gasteiger partial charge < -0.3 is 9.72 Å². The van der Waals surface area contributed by atoms with Crippen LogP contribution in [-0.2, 0) is 6.61 Å². The number of ether oxygens (including phenoxy) is 1. The van der Waals surface area contributed by atoms with Gasteiger partial charge in [0, 0.05) is 5.56 Å². The normalized spacial score (nSPS) is 11.0. The van der Waals surface area contributed by atoms with Gasteiger partial charge in [0.15, 0.2) is 17.4 Å². The molecular formula is C20H13F3N2O. The van der Waals surface area contributed by atoms with Gasteiger partial charge in [-0.1, -0.05) is 30.3 Å². The number of aromatic nitrogens is 2.